The van der Waals surface area contributed by atoms with Gasteiger partial charge in [-0.1, -0.05) is 13.5 Å². The number of phenolic OH excluding ortho intramolecular Hbond substituents is 1. The second-order valence-corrected chi connectivity index (χ2v) is 11.6. The Morgan fingerprint density at radius 1 is 1.15 bits per heavy atom. The molecule has 0 aromatic heterocycles. The summed E-state index contributed by atoms with van der Waals surface area (Å²) in [5.41, 5.74) is 2.65. The van der Waals surface area contributed by atoms with Crippen molar-refractivity contribution >= 4 is 28.9 Å². The lowest BCUT2D eigenvalue weighted by molar-refractivity contribution is -0.153. The normalized spacial score (nSPS) is 26.6. The van der Waals surface area contributed by atoms with Gasteiger partial charge in [0.1, 0.15) is 22.8 Å². The first-order valence-corrected chi connectivity index (χ1v) is 12.6. The minimum atomic E-state index is -2.64. The summed E-state index contributed by atoms with van der Waals surface area (Å²) >= 11 is 0. The Hall–Kier alpha value is -3.41. The number of aliphatic hydroxyl groups is 3. The van der Waals surface area contributed by atoms with Gasteiger partial charge in [-0.25, -0.2) is 0 Å². The summed E-state index contributed by atoms with van der Waals surface area (Å²) in [6.07, 6.45) is 0.318. The average Bonchev–Trinajstić information content (AvgIpc) is 2.79. The van der Waals surface area contributed by atoms with Crippen LogP contribution in [0.3, 0.4) is 0 Å². The highest BCUT2D eigenvalue weighted by molar-refractivity contribution is 6.24. The fourth-order valence-corrected chi connectivity index (χ4v) is 6.00. The maximum Gasteiger partial charge on any atom is 0.255 e. The molecule has 8 N–H and O–H groups in total. The molecule has 0 unspecified atom stereocenters. The molecule has 11 nitrogen and oxygen atoms in total. The van der Waals surface area contributed by atoms with Crippen molar-refractivity contribution in [2.75, 3.05) is 32.5 Å². The van der Waals surface area contributed by atoms with E-state index in [-0.39, 0.29) is 42.7 Å². The van der Waals surface area contributed by atoms with E-state index < -0.39 is 58.0 Å². The number of ketones is 2. The van der Waals surface area contributed by atoms with Crippen molar-refractivity contribution in [2.24, 2.45) is 17.6 Å². The third-order valence-corrected chi connectivity index (χ3v) is 7.69. The molecule has 3 aliphatic rings. The molecule has 4 atom stereocenters. The summed E-state index contributed by atoms with van der Waals surface area (Å²) in [6.45, 7) is 7.20. The van der Waals surface area contributed by atoms with Gasteiger partial charge in [0.15, 0.2) is 11.4 Å². The number of carbonyl (C=O) groups excluding carboxylic acids is 3. The Kier molecular flexibility index (Phi) is 7.95. The number of fused-ring (bicyclic) bond motifs is 3. The number of carbonyl (C=O) groups is 3. The first-order valence-electron chi connectivity index (χ1n) is 12.6. The van der Waals surface area contributed by atoms with E-state index >= 15 is 0 Å². The highest BCUT2D eigenvalue weighted by Gasteiger charge is 2.64. The van der Waals surface area contributed by atoms with E-state index in [4.69, 9.17) is 5.73 Å². The summed E-state index contributed by atoms with van der Waals surface area (Å²) in [5, 5.41) is 51.3. The molecule has 1 saturated carbocycles. The van der Waals surface area contributed by atoms with E-state index in [1.54, 1.807) is 26.2 Å². The quantitative estimate of drug-likeness (QED) is 0.157. The number of nitrogens with zero attached hydrogens (tertiary/aromatic N) is 1. The fourth-order valence-electron chi connectivity index (χ4n) is 6.00. The summed E-state index contributed by atoms with van der Waals surface area (Å²) in [7, 11) is 3.13. The third kappa shape index (κ3) is 4.79. The van der Waals surface area contributed by atoms with E-state index in [0.29, 0.717) is 24.3 Å². The largest absolute Gasteiger partial charge is 0.508 e. The Labute approximate surface area is 228 Å². The predicted octanol–water partition coefficient (Wildman–Crippen LogP) is 1.40. The van der Waals surface area contributed by atoms with E-state index in [1.165, 1.54) is 4.90 Å². The smallest absolute Gasteiger partial charge is 0.255 e. The van der Waals surface area contributed by atoms with Gasteiger partial charge in [-0.15, -0.1) is 0 Å². The molecule has 39 heavy (non-hydrogen) atoms. The van der Waals surface area contributed by atoms with Gasteiger partial charge in [0, 0.05) is 30.1 Å². The number of rotatable bonds is 6. The molecule has 214 valence electrons. The molecule has 0 bridgehead atoms. The molecular weight excluding hydrogens is 504 g/mol. The monoisotopic (exact) mass is 544 g/mol. The van der Waals surface area contributed by atoms with Crippen LogP contribution in [0.5, 0.6) is 5.75 Å². The number of hydrogen-bond acceptors (Lipinski definition) is 10. The second-order valence-electron chi connectivity index (χ2n) is 11.6. The summed E-state index contributed by atoms with van der Waals surface area (Å²) in [6, 6.07) is 2.35. The van der Waals surface area contributed by atoms with Gasteiger partial charge in [-0.05, 0) is 65.3 Å². The molecule has 0 heterocycles. The topological polar surface area (TPSA) is 185 Å². The Balaban J connectivity index is 0.00000420. The van der Waals surface area contributed by atoms with Crippen LogP contribution in [0.4, 0.5) is 5.69 Å². The lowest BCUT2D eigenvalue weighted by atomic mass is 9.57. The second kappa shape index (κ2) is 10.3. The van der Waals surface area contributed by atoms with Gasteiger partial charge in [0.25, 0.3) is 5.91 Å². The molecule has 1 amide bonds. The SMILES string of the molecule is C.CN(C)[C@@H]1C(=O)C(C(N)=O)=C(O)[C@@]2(O)C(=O)C3=C(O)c4c(ccc(NCCNC(C)(C)C)c4O)C[C@H]3C[C@@H]12. The highest BCUT2D eigenvalue weighted by atomic mass is 16.3. The van der Waals surface area contributed by atoms with Gasteiger partial charge in [0.2, 0.25) is 5.78 Å². The minimum Gasteiger partial charge on any atom is -0.508 e. The number of nitrogens with two attached hydrogens (primary N) is 1. The van der Waals surface area contributed by atoms with E-state index in [1.807, 2.05) is 20.8 Å². The number of primary amides is 1. The number of anilines is 1. The van der Waals surface area contributed by atoms with Crippen molar-refractivity contribution in [1.29, 1.82) is 0 Å². The highest BCUT2D eigenvalue weighted by Crippen LogP contribution is 2.53. The Morgan fingerprint density at radius 3 is 2.36 bits per heavy atom. The van der Waals surface area contributed by atoms with Crippen LogP contribution in [-0.4, -0.2) is 87.2 Å². The van der Waals surface area contributed by atoms with Crippen molar-refractivity contribution in [3.05, 3.63) is 40.2 Å². The number of likely N-dealkylation sites (N-methyl/N-ethyl adjacent to an activating group) is 1. The Morgan fingerprint density at radius 2 is 1.79 bits per heavy atom. The molecule has 0 saturated heterocycles. The van der Waals surface area contributed by atoms with Gasteiger partial charge in [-0.3, -0.25) is 19.3 Å². The van der Waals surface area contributed by atoms with E-state index in [0.717, 1.165) is 0 Å². The number of Topliss-reactive ketones (excluding diaryl/α,β-unsaturated/α-hetero) is 2. The number of phenols is 1. The number of amides is 1. The molecule has 4 rings (SSSR count). The molecule has 3 aliphatic carbocycles. The van der Waals surface area contributed by atoms with Crippen LogP contribution in [-0.2, 0) is 20.8 Å². The van der Waals surface area contributed by atoms with Crippen LogP contribution >= 0.6 is 0 Å². The number of hydrogen-bond donors (Lipinski definition) is 7. The van der Waals surface area contributed by atoms with Crippen molar-refractivity contribution in [1.82, 2.24) is 10.2 Å². The molecule has 1 aromatic rings. The lowest BCUT2D eigenvalue weighted by Gasteiger charge is -2.50. The maximum absolute atomic E-state index is 13.8. The zero-order valence-electron chi connectivity index (χ0n) is 22.3. The van der Waals surface area contributed by atoms with Crippen molar-refractivity contribution < 1.29 is 34.8 Å². The zero-order chi connectivity index (χ0) is 28.3. The number of nitrogens with one attached hydrogen (secondary N) is 2. The molecule has 1 aromatic carbocycles. The number of benzene rings is 1. The van der Waals surface area contributed by atoms with Crippen molar-refractivity contribution in [3.8, 4) is 5.75 Å². The fraction of sp³-hybridized carbons (Fsp3) is 0.536. The molecular formula is C28H40N4O7. The van der Waals surface area contributed by atoms with Crippen LogP contribution in [0, 0.1) is 11.8 Å². The van der Waals surface area contributed by atoms with Gasteiger partial charge < -0.3 is 36.8 Å². The van der Waals surface area contributed by atoms with E-state index in [9.17, 15) is 34.8 Å². The first-order chi connectivity index (χ1) is 17.6. The molecule has 0 radical (unpaired) electrons. The summed E-state index contributed by atoms with van der Waals surface area (Å²) in [4.78, 5) is 40.5. The molecule has 0 spiro atoms. The van der Waals surface area contributed by atoms with Crippen LogP contribution in [0.1, 0.15) is 45.7 Å². The standard InChI is InChI=1S/C27H36N4O7.CH4/c1-26(2,3)30-9-8-29-15-7-6-12-10-13-11-14-19(31(4)5)22(34)18(25(28)37)24(36)27(14,38)23(35)17(13)21(33)16(12)20(15)32;/h6-7,13-14,19,29-30,32-33,36,38H,8-11H2,1-5H3,(H2,28,37);1H4/t13-,14-,19-,27-;/m0./s1. The van der Waals surface area contributed by atoms with Crippen LogP contribution < -0.4 is 16.4 Å². The summed E-state index contributed by atoms with van der Waals surface area (Å²) in [5.74, 6) is -6.59. The van der Waals surface area contributed by atoms with Crippen LogP contribution in [0.25, 0.3) is 5.76 Å². The predicted molar refractivity (Wildman–Crippen MR) is 147 cm³/mol. The van der Waals surface area contributed by atoms with Crippen LogP contribution in [0.2, 0.25) is 0 Å². The maximum atomic E-state index is 13.8. The molecule has 0 aliphatic heterocycles. The number of aromatic hydroxyl groups is 1. The Bertz CT molecular complexity index is 1280. The number of aliphatic hydroxyl groups excluding tert-OH is 2. The first kappa shape index (κ1) is 30.1. The minimum absolute atomic E-state index is 0. The van der Waals surface area contributed by atoms with Crippen molar-refractivity contribution in [3.63, 3.8) is 0 Å². The lowest BCUT2D eigenvalue weighted by Crippen LogP contribution is -2.65. The van der Waals surface area contributed by atoms with Gasteiger partial charge >= 0.3 is 0 Å². The average molecular weight is 545 g/mol. The van der Waals surface area contributed by atoms with Gasteiger partial charge in [-0.2, -0.15) is 0 Å². The third-order valence-electron chi connectivity index (χ3n) is 7.69. The van der Waals surface area contributed by atoms with Crippen molar-refractivity contribution in [2.45, 2.75) is 58.2 Å². The van der Waals surface area contributed by atoms with Crippen LogP contribution in [0.15, 0.2) is 29.0 Å². The molecule has 11 heteroatoms. The molecule has 1 fully saturated rings. The summed E-state index contributed by atoms with van der Waals surface area (Å²) < 4.78 is 0. The zero-order valence-corrected chi connectivity index (χ0v) is 22.3. The van der Waals surface area contributed by atoms with Gasteiger partial charge in [0.05, 0.1) is 17.3 Å². The van der Waals surface area contributed by atoms with E-state index in [2.05, 4.69) is 10.6 Å².